The minimum Gasteiger partial charge on any atom is -0.370 e. The number of hydrogen-bond acceptors (Lipinski definition) is 2. The number of nitrogens with one attached hydrogen (secondary N) is 2. The Morgan fingerprint density at radius 1 is 0.929 bits per heavy atom. The van der Waals surface area contributed by atoms with Crippen LogP contribution >= 0.6 is 0 Å². The van der Waals surface area contributed by atoms with Gasteiger partial charge in [-0.25, -0.2) is 0 Å². The van der Waals surface area contributed by atoms with E-state index in [1.807, 2.05) is 6.20 Å². The molecule has 0 aliphatic carbocycles. The van der Waals surface area contributed by atoms with E-state index in [4.69, 9.17) is 0 Å². The van der Waals surface area contributed by atoms with Crippen LogP contribution in [0, 0.1) is 27.7 Å². The molecule has 2 N–H and O–H groups in total. The molecule has 0 bridgehead atoms. The Kier molecular flexibility index (Phi) is 4.95. The van der Waals surface area contributed by atoms with Crippen molar-refractivity contribution in [3.63, 3.8) is 0 Å². The lowest BCUT2D eigenvalue weighted by atomic mass is 10.1. The Morgan fingerprint density at radius 3 is 2.43 bits per heavy atom. The van der Waals surface area contributed by atoms with Crippen molar-refractivity contribution in [2.24, 2.45) is 4.99 Å². The average Bonchev–Trinajstić information content (AvgIpc) is 3.37. The number of aryl methyl sites for hydroxylation is 4. The van der Waals surface area contributed by atoms with Crippen LogP contribution in [0.25, 0.3) is 21.8 Å². The normalized spacial score (nSPS) is 13.4. The molecule has 2 aromatic carbocycles. The molecule has 0 spiro atoms. The number of aromatic amines is 1. The molecule has 0 atom stereocenters. The summed E-state index contributed by atoms with van der Waals surface area (Å²) >= 11 is 0. The SMILES string of the molecule is Cc1ccc2c(C)c[nH]c2c1.Cc1ccc2c(C)cn(CC3=NCCN3)c2c1. The fraction of sp³-hybridized carbons (Fsp3) is 0.292. The summed E-state index contributed by atoms with van der Waals surface area (Å²) in [6.45, 7) is 11.3. The van der Waals surface area contributed by atoms with Gasteiger partial charge in [-0.2, -0.15) is 0 Å². The predicted octanol–water partition coefficient (Wildman–Crippen LogP) is 5.04. The zero-order valence-corrected chi connectivity index (χ0v) is 17.1. The minimum absolute atomic E-state index is 0.855. The van der Waals surface area contributed by atoms with Crippen LogP contribution in [0.4, 0.5) is 0 Å². The zero-order valence-electron chi connectivity index (χ0n) is 17.1. The summed E-state index contributed by atoms with van der Waals surface area (Å²) in [5.41, 5.74) is 7.80. The van der Waals surface area contributed by atoms with Gasteiger partial charge in [-0.15, -0.1) is 0 Å². The van der Waals surface area contributed by atoms with Crippen molar-refractivity contribution in [3.05, 3.63) is 71.0 Å². The second kappa shape index (κ2) is 7.55. The molecule has 3 heterocycles. The van der Waals surface area contributed by atoms with Gasteiger partial charge in [0.1, 0.15) is 5.84 Å². The van der Waals surface area contributed by atoms with E-state index in [-0.39, 0.29) is 0 Å². The quantitative estimate of drug-likeness (QED) is 0.508. The third-order valence-corrected chi connectivity index (χ3v) is 5.34. The molecule has 144 valence electrons. The molecule has 4 nitrogen and oxygen atoms in total. The van der Waals surface area contributed by atoms with Crippen LogP contribution in [0.5, 0.6) is 0 Å². The first-order valence-corrected chi connectivity index (χ1v) is 9.89. The molecule has 0 saturated carbocycles. The third kappa shape index (κ3) is 3.68. The Labute approximate surface area is 166 Å². The molecule has 5 rings (SSSR count). The predicted molar refractivity (Wildman–Crippen MR) is 119 cm³/mol. The average molecular weight is 373 g/mol. The molecule has 1 aliphatic heterocycles. The highest BCUT2D eigenvalue weighted by molar-refractivity contribution is 5.88. The number of nitrogens with zero attached hydrogens (tertiary/aromatic N) is 2. The summed E-state index contributed by atoms with van der Waals surface area (Å²) in [6, 6.07) is 13.1. The van der Waals surface area contributed by atoms with Gasteiger partial charge in [-0.05, 0) is 62.1 Å². The fourth-order valence-electron chi connectivity index (χ4n) is 3.82. The van der Waals surface area contributed by atoms with Crippen molar-refractivity contribution >= 4 is 27.6 Å². The molecule has 28 heavy (non-hydrogen) atoms. The summed E-state index contributed by atoms with van der Waals surface area (Å²) in [5.74, 6) is 1.10. The molecule has 0 fully saturated rings. The van der Waals surface area contributed by atoms with Crippen molar-refractivity contribution in [2.45, 2.75) is 34.2 Å². The van der Waals surface area contributed by atoms with E-state index in [9.17, 15) is 0 Å². The lowest BCUT2D eigenvalue weighted by Crippen LogP contribution is -2.23. The lowest BCUT2D eigenvalue weighted by molar-refractivity contribution is 0.860. The van der Waals surface area contributed by atoms with Crippen molar-refractivity contribution in [2.75, 3.05) is 13.1 Å². The first kappa shape index (κ1) is 18.4. The summed E-state index contributed by atoms with van der Waals surface area (Å²) in [6.07, 6.45) is 4.26. The number of rotatable bonds is 2. The van der Waals surface area contributed by atoms with Crippen molar-refractivity contribution in [1.82, 2.24) is 14.9 Å². The second-order valence-corrected chi connectivity index (χ2v) is 7.74. The maximum absolute atomic E-state index is 4.45. The van der Waals surface area contributed by atoms with Gasteiger partial charge in [0.15, 0.2) is 0 Å². The molecule has 4 heteroatoms. The van der Waals surface area contributed by atoms with Crippen LogP contribution in [0.1, 0.15) is 22.3 Å². The standard InChI is InChI=1S/C14H17N3.C10H11N/c1-10-3-4-12-11(2)8-17(13(12)7-10)9-14-15-5-6-16-14;1-7-3-4-9-8(2)6-11-10(9)5-7/h3-4,7-8H,5-6,9H2,1-2H3,(H,15,16);3-6,11H,1-2H3. The number of aromatic nitrogens is 2. The van der Waals surface area contributed by atoms with Gasteiger partial charge in [0.2, 0.25) is 0 Å². The molecule has 0 unspecified atom stereocenters. The van der Waals surface area contributed by atoms with Crippen LogP contribution in [0.2, 0.25) is 0 Å². The molecule has 2 aromatic heterocycles. The van der Waals surface area contributed by atoms with Crippen LogP contribution < -0.4 is 5.32 Å². The summed E-state index contributed by atoms with van der Waals surface area (Å²) in [5, 5.41) is 5.99. The highest BCUT2D eigenvalue weighted by atomic mass is 15.1. The van der Waals surface area contributed by atoms with Crippen LogP contribution in [-0.2, 0) is 6.54 Å². The highest BCUT2D eigenvalue weighted by Gasteiger charge is 2.10. The van der Waals surface area contributed by atoms with E-state index < -0.39 is 0 Å². The molecule has 0 amide bonds. The molecule has 1 aliphatic rings. The van der Waals surface area contributed by atoms with Gasteiger partial charge < -0.3 is 14.9 Å². The highest BCUT2D eigenvalue weighted by Crippen LogP contribution is 2.22. The molecular formula is C24H28N4. The Morgan fingerprint density at radius 2 is 1.68 bits per heavy atom. The molecule has 0 saturated heterocycles. The number of hydrogen-bond donors (Lipinski definition) is 2. The summed E-state index contributed by atoms with van der Waals surface area (Å²) in [7, 11) is 0. The fourth-order valence-corrected chi connectivity index (χ4v) is 3.82. The molecule has 4 aromatic rings. The number of amidine groups is 1. The van der Waals surface area contributed by atoms with E-state index in [2.05, 4.69) is 90.2 Å². The summed E-state index contributed by atoms with van der Waals surface area (Å²) < 4.78 is 2.29. The van der Waals surface area contributed by atoms with Gasteiger partial charge >= 0.3 is 0 Å². The second-order valence-electron chi connectivity index (χ2n) is 7.74. The minimum atomic E-state index is 0.855. The number of aliphatic imine (C=N–C) groups is 1. The number of H-pyrrole nitrogens is 1. The van der Waals surface area contributed by atoms with Gasteiger partial charge in [0, 0.05) is 40.7 Å². The maximum Gasteiger partial charge on any atom is 0.117 e. The Balaban J connectivity index is 0.000000151. The maximum atomic E-state index is 4.45. The van der Waals surface area contributed by atoms with Crippen molar-refractivity contribution < 1.29 is 0 Å². The molecular weight excluding hydrogens is 344 g/mol. The van der Waals surface area contributed by atoms with E-state index >= 15 is 0 Å². The van der Waals surface area contributed by atoms with E-state index in [0.717, 1.165) is 25.5 Å². The Bertz CT molecular complexity index is 1160. The first-order valence-electron chi connectivity index (χ1n) is 9.89. The van der Waals surface area contributed by atoms with E-state index in [1.165, 1.54) is 44.1 Å². The monoisotopic (exact) mass is 372 g/mol. The number of fused-ring (bicyclic) bond motifs is 2. The van der Waals surface area contributed by atoms with Gasteiger partial charge in [-0.3, -0.25) is 4.99 Å². The Hall–Kier alpha value is -3.01. The van der Waals surface area contributed by atoms with Crippen LogP contribution in [0.15, 0.2) is 53.8 Å². The molecule has 0 radical (unpaired) electrons. The zero-order chi connectivity index (χ0) is 19.7. The third-order valence-electron chi connectivity index (χ3n) is 5.34. The number of benzene rings is 2. The van der Waals surface area contributed by atoms with Crippen molar-refractivity contribution in [1.29, 1.82) is 0 Å². The smallest absolute Gasteiger partial charge is 0.117 e. The van der Waals surface area contributed by atoms with E-state index in [1.54, 1.807) is 0 Å². The van der Waals surface area contributed by atoms with E-state index in [0.29, 0.717) is 0 Å². The summed E-state index contributed by atoms with van der Waals surface area (Å²) in [4.78, 5) is 7.68. The first-order chi connectivity index (χ1) is 13.5. The topological polar surface area (TPSA) is 45.1 Å². The van der Waals surface area contributed by atoms with Gasteiger partial charge in [0.25, 0.3) is 0 Å². The van der Waals surface area contributed by atoms with Gasteiger partial charge in [0.05, 0.1) is 13.1 Å². The lowest BCUT2D eigenvalue weighted by Gasteiger charge is -2.06. The largest absolute Gasteiger partial charge is 0.370 e. The van der Waals surface area contributed by atoms with Crippen molar-refractivity contribution in [3.8, 4) is 0 Å². The van der Waals surface area contributed by atoms with Crippen LogP contribution in [0.3, 0.4) is 0 Å². The van der Waals surface area contributed by atoms with Crippen LogP contribution in [-0.4, -0.2) is 28.5 Å². The van der Waals surface area contributed by atoms with Gasteiger partial charge in [-0.1, -0.05) is 24.3 Å².